The first-order chi connectivity index (χ1) is 19.2. The predicted molar refractivity (Wildman–Crippen MR) is 156 cm³/mol. The zero-order chi connectivity index (χ0) is 28.3. The van der Waals surface area contributed by atoms with Crippen molar-refractivity contribution in [2.75, 3.05) is 19.4 Å². The Morgan fingerprint density at radius 2 is 1.60 bits per heavy atom. The average molecular weight is 553 g/mol. The standard InChI is InChI=1S/C30H28N6O3S/c1-20-11-12-22(18-27(20)40(38,39)32-19-24-8-6-7-17-31-24)28-25-9-4-5-10-26(25)29(35-34-28)33-23-15-13-21(14-16-23)30(37)36(2)3/h4-18,32H,19H2,1-3H3,(H,33,35). The van der Waals surface area contributed by atoms with Gasteiger partial charge >= 0.3 is 0 Å². The van der Waals surface area contributed by atoms with E-state index in [9.17, 15) is 13.2 Å². The molecular formula is C30H28N6O3S. The highest BCUT2D eigenvalue weighted by atomic mass is 32.2. The summed E-state index contributed by atoms with van der Waals surface area (Å²) in [5, 5.41) is 13.9. The summed E-state index contributed by atoms with van der Waals surface area (Å²) < 4.78 is 29.1. The maximum absolute atomic E-state index is 13.2. The number of fused-ring (bicyclic) bond motifs is 1. The molecule has 0 atom stereocenters. The number of benzene rings is 3. The maximum Gasteiger partial charge on any atom is 0.253 e. The van der Waals surface area contributed by atoms with Crippen molar-refractivity contribution in [3.8, 4) is 11.3 Å². The molecule has 2 N–H and O–H groups in total. The van der Waals surface area contributed by atoms with Gasteiger partial charge in [0.05, 0.1) is 17.1 Å². The molecule has 0 aliphatic carbocycles. The fraction of sp³-hybridized carbons (Fsp3) is 0.133. The Bertz CT molecular complexity index is 1790. The Morgan fingerprint density at radius 1 is 0.875 bits per heavy atom. The number of hydrogen-bond acceptors (Lipinski definition) is 7. The van der Waals surface area contributed by atoms with E-state index in [1.807, 2.05) is 48.5 Å². The van der Waals surface area contributed by atoms with Gasteiger partial charge in [0.25, 0.3) is 5.91 Å². The summed E-state index contributed by atoms with van der Waals surface area (Å²) in [5.41, 5.74) is 3.77. The van der Waals surface area contributed by atoms with Gasteiger partial charge in [-0.05, 0) is 55.0 Å². The third kappa shape index (κ3) is 5.68. The van der Waals surface area contributed by atoms with E-state index in [0.717, 1.165) is 16.5 Å². The van der Waals surface area contributed by atoms with Gasteiger partial charge in [-0.15, -0.1) is 10.2 Å². The lowest BCUT2D eigenvalue weighted by molar-refractivity contribution is 0.0827. The molecule has 0 spiro atoms. The molecule has 0 radical (unpaired) electrons. The summed E-state index contributed by atoms with van der Waals surface area (Å²) in [6.07, 6.45) is 1.62. The minimum absolute atomic E-state index is 0.0763. The molecule has 40 heavy (non-hydrogen) atoms. The smallest absolute Gasteiger partial charge is 0.253 e. The van der Waals surface area contributed by atoms with E-state index in [1.54, 1.807) is 63.6 Å². The van der Waals surface area contributed by atoms with Crippen molar-refractivity contribution in [3.05, 3.63) is 108 Å². The van der Waals surface area contributed by atoms with Crippen molar-refractivity contribution in [2.24, 2.45) is 0 Å². The minimum Gasteiger partial charge on any atom is -0.345 e. The molecule has 0 aliphatic heterocycles. The predicted octanol–water partition coefficient (Wildman–Crippen LogP) is 4.92. The Hall–Kier alpha value is -4.67. The number of carbonyl (C=O) groups is 1. The summed E-state index contributed by atoms with van der Waals surface area (Å²) in [7, 11) is -0.392. The number of nitrogens with zero attached hydrogens (tertiary/aromatic N) is 4. The van der Waals surface area contributed by atoms with Gasteiger partial charge < -0.3 is 10.2 Å². The largest absolute Gasteiger partial charge is 0.345 e. The quantitative estimate of drug-likeness (QED) is 0.280. The molecule has 9 nitrogen and oxygen atoms in total. The molecule has 2 heterocycles. The molecule has 0 unspecified atom stereocenters. The first-order valence-corrected chi connectivity index (χ1v) is 14.1. The van der Waals surface area contributed by atoms with Crippen LogP contribution >= 0.6 is 0 Å². The van der Waals surface area contributed by atoms with Crippen LogP contribution < -0.4 is 10.0 Å². The van der Waals surface area contributed by atoms with Crippen LogP contribution in [0.25, 0.3) is 22.0 Å². The molecule has 0 saturated carbocycles. The molecular weight excluding hydrogens is 524 g/mol. The number of amides is 1. The summed E-state index contributed by atoms with van der Waals surface area (Å²) >= 11 is 0. The lowest BCUT2D eigenvalue weighted by Crippen LogP contribution is -2.24. The van der Waals surface area contributed by atoms with E-state index < -0.39 is 10.0 Å². The van der Waals surface area contributed by atoms with E-state index in [0.29, 0.717) is 33.9 Å². The van der Waals surface area contributed by atoms with Crippen molar-refractivity contribution in [1.82, 2.24) is 24.8 Å². The average Bonchev–Trinajstić information content (AvgIpc) is 2.97. The Labute approximate surface area is 233 Å². The monoisotopic (exact) mass is 552 g/mol. The van der Waals surface area contributed by atoms with E-state index >= 15 is 0 Å². The van der Waals surface area contributed by atoms with Gasteiger partial charge in [0, 0.05) is 47.9 Å². The highest BCUT2D eigenvalue weighted by molar-refractivity contribution is 7.89. The van der Waals surface area contributed by atoms with Crippen LogP contribution in [0.2, 0.25) is 0 Å². The fourth-order valence-corrected chi connectivity index (χ4v) is 5.55. The van der Waals surface area contributed by atoms with Gasteiger partial charge in [-0.2, -0.15) is 0 Å². The van der Waals surface area contributed by atoms with E-state index in [1.165, 1.54) is 4.90 Å². The molecule has 0 saturated heterocycles. The first kappa shape index (κ1) is 26.9. The number of anilines is 2. The van der Waals surface area contributed by atoms with Crippen molar-refractivity contribution in [1.29, 1.82) is 0 Å². The van der Waals surface area contributed by atoms with Crippen LogP contribution in [-0.2, 0) is 16.6 Å². The van der Waals surface area contributed by atoms with E-state index in [-0.39, 0.29) is 17.3 Å². The highest BCUT2D eigenvalue weighted by Crippen LogP contribution is 2.33. The van der Waals surface area contributed by atoms with Gasteiger partial charge in [0.2, 0.25) is 10.0 Å². The third-order valence-electron chi connectivity index (χ3n) is 6.41. The number of nitrogens with one attached hydrogen (secondary N) is 2. The molecule has 5 rings (SSSR count). The molecule has 1 amide bonds. The van der Waals surface area contributed by atoms with Gasteiger partial charge in [-0.25, -0.2) is 13.1 Å². The molecule has 3 aromatic carbocycles. The lowest BCUT2D eigenvalue weighted by atomic mass is 10.0. The summed E-state index contributed by atoms with van der Waals surface area (Å²) in [6.45, 7) is 1.84. The number of carbonyl (C=O) groups excluding carboxylic acids is 1. The SMILES string of the molecule is Cc1ccc(-c2nnc(Nc3ccc(C(=O)N(C)C)cc3)c3ccccc23)cc1S(=O)(=O)NCc1ccccn1. The van der Waals surface area contributed by atoms with Crippen molar-refractivity contribution in [2.45, 2.75) is 18.4 Å². The summed E-state index contributed by atoms with van der Waals surface area (Å²) in [4.78, 5) is 18.1. The summed E-state index contributed by atoms with van der Waals surface area (Å²) in [6, 6.07) is 25.4. The number of rotatable bonds is 8. The van der Waals surface area contributed by atoms with E-state index in [4.69, 9.17) is 0 Å². The van der Waals surface area contributed by atoms with Gasteiger partial charge in [-0.1, -0.05) is 42.5 Å². The number of hydrogen-bond donors (Lipinski definition) is 2. The lowest BCUT2D eigenvalue weighted by Gasteiger charge is -2.14. The van der Waals surface area contributed by atoms with E-state index in [2.05, 4.69) is 25.2 Å². The van der Waals surface area contributed by atoms with Gasteiger partial charge in [0.15, 0.2) is 5.82 Å². The number of aromatic nitrogens is 3. The molecule has 2 aromatic heterocycles. The Kier molecular flexibility index (Phi) is 7.54. The normalized spacial score (nSPS) is 11.4. The van der Waals surface area contributed by atoms with Crippen molar-refractivity contribution < 1.29 is 13.2 Å². The van der Waals surface area contributed by atoms with Crippen LogP contribution in [0.1, 0.15) is 21.6 Å². The fourth-order valence-electron chi connectivity index (χ4n) is 4.29. The first-order valence-electron chi connectivity index (χ1n) is 12.6. The molecule has 10 heteroatoms. The van der Waals surface area contributed by atoms with Crippen LogP contribution in [0, 0.1) is 6.92 Å². The van der Waals surface area contributed by atoms with Crippen molar-refractivity contribution >= 4 is 38.2 Å². The second-order valence-corrected chi connectivity index (χ2v) is 11.2. The van der Waals surface area contributed by atoms with Gasteiger partial charge in [0.1, 0.15) is 5.69 Å². The topological polar surface area (TPSA) is 117 Å². The second-order valence-electron chi connectivity index (χ2n) is 9.47. The summed E-state index contributed by atoms with van der Waals surface area (Å²) in [5.74, 6) is 0.468. The molecule has 0 fully saturated rings. The molecule has 0 aliphatic rings. The molecule has 202 valence electrons. The number of pyridine rings is 1. The Balaban J connectivity index is 1.46. The van der Waals surface area contributed by atoms with Crippen LogP contribution in [0.5, 0.6) is 0 Å². The number of aryl methyl sites for hydroxylation is 1. The van der Waals surface area contributed by atoms with Gasteiger partial charge in [-0.3, -0.25) is 9.78 Å². The zero-order valence-electron chi connectivity index (χ0n) is 22.3. The number of sulfonamides is 1. The van der Waals surface area contributed by atoms with Crippen LogP contribution in [-0.4, -0.2) is 48.5 Å². The van der Waals surface area contributed by atoms with Crippen LogP contribution in [0.15, 0.2) is 96.0 Å². The van der Waals surface area contributed by atoms with Crippen molar-refractivity contribution in [3.63, 3.8) is 0 Å². The highest BCUT2D eigenvalue weighted by Gasteiger charge is 2.20. The third-order valence-corrected chi connectivity index (χ3v) is 7.95. The van der Waals surface area contributed by atoms with Crippen LogP contribution in [0.4, 0.5) is 11.5 Å². The minimum atomic E-state index is -3.81. The zero-order valence-corrected chi connectivity index (χ0v) is 23.1. The Morgan fingerprint density at radius 3 is 2.30 bits per heavy atom. The molecule has 5 aromatic rings. The molecule has 0 bridgehead atoms. The second kappa shape index (κ2) is 11.2. The maximum atomic E-state index is 13.2. The van der Waals surface area contributed by atoms with Crippen LogP contribution in [0.3, 0.4) is 0 Å².